The number of nitrogens with zero attached hydrogens (tertiary/aromatic N) is 3. The first-order valence-electron chi connectivity index (χ1n) is 10.7. The summed E-state index contributed by atoms with van der Waals surface area (Å²) in [7, 11) is 1.93. The molecular weight excluding hydrogens is 555 g/mol. The summed E-state index contributed by atoms with van der Waals surface area (Å²) in [5, 5.41) is -2.62. The number of alkyl halides is 6. The predicted octanol–water partition coefficient (Wildman–Crippen LogP) is 8.52. The molecule has 0 radical (unpaired) electrons. The molecule has 1 fully saturated rings. The van der Waals surface area contributed by atoms with Gasteiger partial charge in [-0.15, -0.1) is 69.6 Å². The van der Waals surface area contributed by atoms with Crippen LogP contribution in [0.1, 0.15) is 22.3 Å². The Morgan fingerprint density at radius 3 is 1.15 bits per heavy atom. The maximum absolute atomic E-state index is 5.88. The zero-order valence-corrected chi connectivity index (χ0v) is 24.2. The molecule has 0 heterocycles. The van der Waals surface area contributed by atoms with Crippen LogP contribution in [0, 0.1) is 27.7 Å². The van der Waals surface area contributed by atoms with E-state index in [4.69, 9.17) is 69.6 Å². The van der Waals surface area contributed by atoms with Gasteiger partial charge in [0.1, 0.15) is 0 Å². The third kappa shape index (κ3) is 8.18. The molecule has 3 nitrogen and oxygen atoms in total. The Kier molecular flexibility index (Phi) is 11.8. The lowest BCUT2D eigenvalue weighted by Crippen LogP contribution is -2.52. The molecule has 0 atom stereocenters. The number of aliphatic imine (C=N–C) groups is 2. The number of halogens is 6. The van der Waals surface area contributed by atoms with Crippen LogP contribution in [0.2, 0.25) is 0 Å². The van der Waals surface area contributed by atoms with Crippen molar-refractivity contribution in [1.29, 1.82) is 0 Å². The van der Waals surface area contributed by atoms with E-state index in [0.29, 0.717) is 0 Å². The van der Waals surface area contributed by atoms with Crippen molar-refractivity contribution >= 4 is 93.7 Å². The van der Waals surface area contributed by atoms with Crippen molar-refractivity contribution in [2.24, 2.45) is 9.98 Å². The second kappa shape index (κ2) is 13.6. The Hall–Kier alpha value is -0.680. The summed E-state index contributed by atoms with van der Waals surface area (Å²) in [6.45, 7) is 8.32. The van der Waals surface area contributed by atoms with E-state index in [1.807, 2.05) is 24.1 Å². The lowest BCUT2D eigenvalue weighted by atomic mass is 9.97. The van der Waals surface area contributed by atoms with Gasteiger partial charge in [-0.25, -0.2) is 9.98 Å². The average molecular weight is 584 g/mol. The topological polar surface area (TPSA) is 28.0 Å². The van der Waals surface area contributed by atoms with Gasteiger partial charge in [0.2, 0.25) is 0 Å². The van der Waals surface area contributed by atoms with E-state index < -0.39 is 32.3 Å². The van der Waals surface area contributed by atoms with Gasteiger partial charge in [0, 0.05) is 7.05 Å². The van der Waals surface area contributed by atoms with E-state index in [2.05, 4.69) is 61.9 Å². The van der Waals surface area contributed by atoms with Crippen molar-refractivity contribution in [2.75, 3.05) is 7.05 Å². The largest absolute Gasteiger partial charge is 0.326 e. The highest BCUT2D eigenvalue weighted by molar-refractivity contribution is 6.45. The maximum atomic E-state index is 5.88. The first-order valence-corrected chi connectivity index (χ1v) is 13.3. The molecule has 0 spiro atoms. The van der Waals surface area contributed by atoms with Crippen LogP contribution in [0.5, 0.6) is 0 Å². The normalized spacial score (nSPS) is 27.0. The number of hydrogen-bond acceptors (Lipinski definition) is 2. The molecule has 3 rings (SSSR count). The first-order chi connectivity index (χ1) is 15.9. The van der Waals surface area contributed by atoms with E-state index in [9.17, 15) is 0 Å². The van der Waals surface area contributed by atoms with Gasteiger partial charge in [-0.1, -0.05) is 35.4 Å². The summed E-state index contributed by atoms with van der Waals surface area (Å²) < 4.78 is 0. The van der Waals surface area contributed by atoms with E-state index in [1.165, 1.54) is 22.3 Å². The minimum Gasteiger partial charge on any atom is -0.326 e. The average Bonchev–Trinajstić information content (AvgIpc) is 2.79. The molecule has 2 aromatic rings. The van der Waals surface area contributed by atoms with Gasteiger partial charge in [-0.2, -0.15) is 0 Å². The molecule has 0 bridgehead atoms. The van der Waals surface area contributed by atoms with Crippen molar-refractivity contribution < 1.29 is 0 Å². The smallest absolute Gasteiger partial charge is 0.0961 e. The van der Waals surface area contributed by atoms with E-state index >= 15 is 0 Å². The van der Waals surface area contributed by atoms with E-state index in [1.54, 1.807) is 12.7 Å². The van der Waals surface area contributed by atoms with Gasteiger partial charge in [0.05, 0.1) is 56.3 Å². The number of rotatable bonds is 4. The quantitative estimate of drug-likeness (QED) is 0.201. The number of hydrogen-bond donors (Lipinski definition) is 0. The third-order valence-corrected chi connectivity index (χ3v) is 9.32. The van der Waals surface area contributed by atoms with Crippen LogP contribution in [0.15, 0.2) is 46.4 Å². The first kappa shape index (κ1) is 29.5. The summed E-state index contributed by atoms with van der Waals surface area (Å²) in [6, 6.07) is 12.5. The molecule has 186 valence electrons. The van der Waals surface area contributed by atoms with Gasteiger partial charge < -0.3 is 4.90 Å². The van der Waals surface area contributed by atoms with Crippen molar-refractivity contribution in [3.8, 4) is 0 Å². The summed E-state index contributed by atoms with van der Waals surface area (Å²) >= 11 is 35.3. The molecule has 34 heavy (non-hydrogen) atoms. The Morgan fingerprint density at radius 1 is 0.588 bits per heavy atom. The molecule has 1 aliphatic carbocycles. The van der Waals surface area contributed by atoms with E-state index in [-0.39, 0.29) is 0 Å². The van der Waals surface area contributed by atoms with Crippen LogP contribution in [-0.2, 0) is 0 Å². The van der Waals surface area contributed by atoms with Crippen LogP contribution in [0.3, 0.4) is 0 Å². The van der Waals surface area contributed by atoms with Crippen LogP contribution in [0.4, 0.5) is 11.4 Å². The minimum absolute atomic E-state index is 0.437. The molecular formula is C25H29Cl6N3. The standard InChI is InChI=1S/C19H23N3.C6H6Cl6/c1-14-6-8-18(16(3)10-14)20-12-22(5)13-21-19-9-7-15(2)11-17(19)4;7-1-2(8)4(10)6(12)5(11)3(1)9/h6-13H,1-5H3;1-6H/b20-12+,21-13+;. The van der Waals surface area contributed by atoms with Gasteiger partial charge in [0.25, 0.3) is 0 Å². The van der Waals surface area contributed by atoms with E-state index in [0.717, 1.165) is 11.4 Å². The lowest BCUT2D eigenvalue weighted by molar-refractivity contribution is 0.544. The SMILES string of the molecule is Cc1ccc(/N=C/N(C)/C=N/c2ccc(C)cc2C)c(C)c1.ClC1C(Cl)C(Cl)C(Cl)C(Cl)C1Cl. The lowest BCUT2D eigenvalue weighted by Gasteiger charge is -2.37. The Labute approximate surface area is 233 Å². The highest BCUT2D eigenvalue weighted by Gasteiger charge is 2.46. The Balaban J connectivity index is 0.000000287. The molecule has 0 saturated heterocycles. The van der Waals surface area contributed by atoms with Crippen LogP contribution >= 0.6 is 69.6 Å². The van der Waals surface area contributed by atoms with Gasteiger partial charge in [-0.3, -0.25) is 0 Å². The predicted molar refractivity (Wildman–Crippen MR) is 154 cm³/mol. The highest BCUT2D eigenvalue weighted by atomic mass is 35.5. The van der Waals surface area contributed by atoms with Crippen molar-refractivity contribution in [2.45, 2.75) is 60.0 Å². The fraction of sp³-hybridized carbons (Fsp3) is 0.440. The van der Waals surface area contributed by atoms with Crippen molar-refractivity contribution in [3.63, 3.8) is 0 Å². The van der Waals surface area contributed by atoms with Crippen molar-refractivity contribution in [3.05, 3.63) is 58.7 Å². The summed E-state index contributed by atoms with van der Waals surface area (Å²) in [4.78, 5) is 10.9. The van der Waals surface area contributed by atoms with Gasteiger partial charge >= 0.3 is 0 Å². The molecule has 0 N–H and O–H groups in total. The summed E-state index contributed by atoms with van der Waals surface area (Å²) in [6.07, 6.45) is 3.56. The number of benzene rings is 2. The minimum atomic E-state index is -0.437. The van der Waals surface area contributed by atoms with Crippen LogP contribution < -0.4 is 0 Å². The second-order valence-electron chi connectivity index (χ2n) is 8.40. The molecule has 0 amide bonds. The third-order valence-electron chi connectivity index (χ3n) is 5.29. The Morgan fingerprint density at radius 2 is 0.882 bits per heavy atom. The number of aryl methyl sites for hydroxylation is 4. The van der Waals surface area contributed by atoms with Gasteiger partial charge in [-0.05, 0) is 51.0 Å². The zero-order valence-electron chi connectivity index (χ0n) is 19.7. The Bertz CT molecular complexity index is 892. The molecule has 1 aliphatic rings. The fourth-order valence-corrected chi connectivity index (χ4v) is 5.62. The molecule has 9 heteroatoms. The second-order valence-corrected chi connectivity index (χ2v) is 11.4. The maximum Gasteiger partial charge on any atom is 0.0961 e. The fourth-order valence-electron chi connectivity index (χ4n) is 3.29. The summed E-state index contributed by atoms with van der Waals surface area (Å²) in [5.74, 6) is 0. The van der Waals surface area contributed by atoms with Crippen LogP contribution in [0.25, 0.3) is 0 Å². The molecule has 0 aromatic heterocycles. The highest BCUT2D eigenvalue weighted by Crippen LogP contribution is 2.39. The molecule has 2 aromatic carbocycles. The van der Waals surface area contributed by atoms with Crippen molar-refractivity contribution in [1.82, 2.24) is 4.90 Å². The molecule has 0 aliphatic heterocycles. The van der Waals surface area contributed by atoms with Gasteiger partial charge in [0.15, 0.2) is 0 Å². The monoisotopic (exact) mass is 581 g/mol. The van der Waals surface area contributed by atoms with Crippen LogP contribution in [-0.4, -0.2) is 56.9 Å². The summed E-state index contributed by atoms with van der Waals surface area (Å²) in [5.41, 5.74) is 6.82. The zero-order chi connectivity index (χ0) is 25.6. The molecule has 1 saturated carbocycles. The molecule has 0 unspecified atom stereocenters.